The maximum absolute atomic E-state index is 11.8. The summed E-state index contributed by atoms with van der Waals surface area (Å²) in [7, 11) is 0. The first-order valence-corrected chi connectivity index (χ1v) is 6.63. The van der Waals surface area contributed by atoms with E-state index >= 15 is 0 Å². The van der Waals surface area contributed by atoms with Crippen molar-refractivity contribution in [3.8, 4) is 5.69 Å². The van der Waals surface area contributed by atoms with E-state index in [0.717, 1.165) is 4.68 Å². The van der Waals surface area contributed by atoms with E-state index in [-0.39, 0.29) is 6.01 Å². The van der Waals surface area contributed by atoms with Crippen LogP contribution in [0.25, 0.3) is 5.69 Å². The summed E-state index contributed by atoms with van der Waals surface area (Å²) in [5.74, 6) is -0.578. The molecule has 0 aliphatic heterocycles. The molecule has 1 heterocycles. The fourth-order valence-electron chi connectivity index (χ4n) is 1.70. The largest absolute Gasteiger partial charge is 0.443 e. The van der Waals surface area contributed by atoms with Gasteiger partial charge in [0, 0.05) is 18.1 Å². The summed E-state index contributed by atoms with van der Waals surface area (Å²) in [6.45, 7) is 5.31. The van der Waals surface area contributed by atoms with Crippen molar-refractivity contribution < 1.29 is 4.42 Å². The van der Waals surface area contributed by atoms with Crippen LogP contribution in [0.4, 0.5) is 6.01 Å². The molecule has 0 aliphatic rings. The number of benzene rings is 1. The van der Waals surface area contributed by atoms with Gasteiger partial charge in [-0.1, -0.05) is 23.2 Å². The summed E-state index contributed by atoms with van der Waals surface area (Å²) >= 11 is 11.9. The topological polar surface area (TPSA) is 51.3 Å². The average molecular weight is 302 g/mol. The lowest BCUT2D eigenvalue weighted by atomic mass is 10.3. The second kappa shape index (κ2) is 5.67. The Balaban J connectivity index is 2.49. The first kappa shape index (κ1) is 14.0. The predicted octanol–water partition coefficient (Wildman–Crippen LogP) is 2.98. The van der Waals surface area contributed by atoms with E-state index in [9.17, 15) is 4.79 Å². The molecule has 0 bridgehead atoms. The van der Waals surface area contributed by atoms with Crippen molar-refractivity contribution in [2.24, 2.45) is 0 Å². The first-order chi connectivity index (χ1) is 9.06. The monoisotopic (exact) mass is 301 g/mol. The quantitative estimate of drug-likeness (QED) is 0.871. The van der Waals surface area contributed by atoms with Gasteiger partial charge in [-0.3, -0.25) is 0 Å². The third kappa shape index (κ3) is 2.77. The Morgan fingerprint density at radius 2 is 2.00 bits per heavy atom. The SMILES string of the molecule is CCN(CC)c1nn(-c2ccc(Cl)cc2Cl)c(=O)o1. The van der Waals surface area contributed by atoms with Crippen LogP contribution in [0.1, 0.15) is 13.8 Å². The molecule has 1 aromatic heterocycles. The van der Waals surface area contributed by atoms with Gasteiger partial charge in [-0.2, -0.15) is 4.68 Å². The number of anilines is 1. The third-order valence-electron chi connectivity index (χ3n) is 2.71. The van der Waals surface area contributed by atoms with Crippen LogP contribution >= 0.6 is 23.2 Å². The molecule has 7 heteroatoms. The number of hydrogen-bond donors (Lipinski definition) is 0. The molecule has 0 amide bonds. The van der Waals surface area contributed by atoms with Gasteiger partial charge in [-0.05, 0) is 32.0 Å². The van der Waals surface area contributed by atoms with Crippen LogP contribution in [0.5, 0.6) is 0 Å². The molecule has 1 aromatic carbocycles. The lowest BCUT2D eigenvalue weighted by Gasteiger charge is -2.13. The Kier molecular flexibility index (Phi) is 4.17. The maximum Gasteiger partial charge on any atom is 0.443 e. The minimum Gasteiger partial charge on any atom is -0.373 e. The van der Waals surface area contributed by atoms with Gasteiger partial charge >= 0.3 is 11.8 Å². The second-order valence-corrected chi connectivity index (χ2v) is 4.67. The van der Waals surface area contributed by atoms with Gasteiger partial charge < -0.3 is 9.32 Å². The van der Waals surface area contributed by atoms with Gasteiger partial charge in [0.1, 0.15) is 0 Å². The zero-order valence-corrected chi connectivity index (χ0v) is 12.1. The van der Waals surface area contributed by atoms with Gasteiger partial charge in [-0.25, -0.2) is 4.79 Å². The highest BCUT2D eigenvalue weighted by atomic mass is 35.5. The summed E-state index contributed by atoms with van der Waals surface area (Å²) in [6, 6.07) is 5.10. The van der Waals surface area contributed by atoms with E-state index in [2.05, 4.69) is 5.10 Å². The summed E-state index contributed by atoms with van der Waals surface area (Å²) in [5, 5.41) is 4.98. The van der Waals surface area contributed by atoms with Crippen LogP contribution in [0.2, 0.25) is 10.0 Å². The van der Waals surface area contributed by atoms with Crippen molar-refractivity contribution in [2.45, 2.75) is 13.8 Å². The van der Waals surface area contributed by atoms with Crippen LogP contribution in [0.3, 0.4) is 0 Å². The van der Waals surface area contributed by atoms with E-state index in [0.29, 0.717) is 28.8 Å². The lowest BCUT2D eigenvalue weighted by molar-refractivity contribution is 0.495. The van der Waals surface area contributed by atoms with Crippen molar-refractivity contribution in [1.82, 2.24) is 9.78 Å². The second-order valence-electron chi connectivity index (χ2n) is 3.83. The summed E-state index contributed by atoms with van der Waals surface area (Å²) < 4.78 is 6.26. The molecule has 19 heavy (non-hydrogen) atoms. The zero-order valence-electron chi connectivity index (χ0n) is 10.6. The molecule has 0 N–H and O–H groups in total. The van der Waals surface area contributed by atoms with Gasteiger partial charge in [0.05, 0.1) is 10.7 Å². The van der Waals surface area contributed by atoms with Crippen LogP contribution in [0.15, 0.2) is 27.4 Å². The first-order valence-electron chi connectivity index (χ1n) is 5.87. The lowest BCUT2D eigenvalue weighted by Crippen LogP contribution is -2.22. The molecule has 0 unspecified atom stereocenters. The van der Waals surface area contributed by atoms with Crippen LogP contribution in [-0.2, 0) is 0 Å². The Labute approximate surface area is 120 Å². The zero-order chi connectivity index (χ0) is 14.0. The van der Waals surface area contributed by atoms with Gasteiger partial charge in [0.25, 0.3) is 0 Å². The van der Waals surface area contributed by atoms with Crippen LogP contribution < -0.4 is 10.7 Å². The molecule has 2 rings (SSSR count). The van der Waals surface area contributed by atoms with Crippen molar-refractivity contribution in [3.63, 3.8) is 0 Å². The predicted molar refractivity (Wildman–Crippen MR) is 75.7 cm³/mol. The van der Waals surface area contributed by atoms with E-state index in [4.69, 9.17) is 27.6 Å². The molecular weight excluding hydrogens is 289 g/mol. The molecule has 0 spiro atoms. The van der Waals surface area contributed by atoms with Crippen LogP contribution in [-0.4, -0.2) is 22.9 Å². The van der Waals surface area contributed by atoms with Gasteiger partial charge in [-0.15, -0.1) is 5.10 Å². The smallest absolute Gasteiger partial charge is 0.373 e. The number of hydrogen-bond acceptors (Lipinski definition) is 4. The molecule has 2 aromatic rings. The molecule has 102 valence electrons. The van der Waals surface area contributed by atoms with Crippen molar-refractivity contribution >= 4 is 29.2 Å². The molecule has 5 nitrogen and oxygen atoms in total. The van der Waals surface area contributed by atoms with E-state index < -0.39 is 5.76 Å². The summed E-state index contributed by atoms with van der Waals surface area (Å²) in [4.78, 5) is 13.7. The number of nitrogens with zero attached hydrogens (tertiary/aromatic N) is 3. The summed E-state index contributed by atoms with van der Waals surface area (Å²) in [5.41, 5.74) is 0.443. The normalized spacial score (nSPS) is 10.7. The standard InChI is InChI=1S/C12H13Cl2N3O2/c1-3-16(4-2)11-15-17(12(18)19-11)10-6-5-8(13)7-9(10)14/h5-7H,3-4H2,1-2H3. The average Bonchev–Trinajstić information content (AvgIpc) is 2.73. The van der Waals surface area contributed by atoms with Crippen molar-refractivity contribution in [3.05, 3.63) is 38.8 Å². The van der Waals surface area contributed by atoms with Crippen LogP contribution in [0, 0.1) is 0 Å². The Morgan fingerprint density at radius 1 is 1.32 bits per heavy atom. The highest BCUT2D eigenvalue weighted by Crippen LogP contribution is 2.23. The Hall–Kier alpha value is -1.46. The Morgan fingerprint density at radius 3 is 2.58 bits per heavy atom. The minimum absolute atomic E-state index is 0.279. The van der Waals surface area contributed by atoms with E-state index in [1.807, 2.05) is 18.7 Å². The Bertz CT molecular complexity index is 632. The molecule has 0 radical (unpaired) electrons. The minimum atomic E-state index is -0.578. The number of aromatic nitrogens is 2. The molecule has 0 fully saturated rings. The van der Waals surface area contributed by atoms with Gasteiger partial charge in [0.15, 0.2) is 0 Å². The fourth-order valence-corrected chi connectivity index (χ4v) is 2.18. The van der Waals surface area contributed by atoms with E-state index in [1.54, 1.807) is 18.2 Å². The van der Waals surface area contributed by atoms with Gasteiger partial charge in [0.2, 0.25) is 0 Å². The maximum atomic E-state index is 11.8. The molecular formula is C12H13Cl2N3O2. The highest BCUT2D eigenvalue weighted by molar-refractivity contribution is 6.35. The van der Waals surface area contributed by atoms with E-state index in [1.165, 1.54) is 0 Å². The molecule has 0 saturated carbocycles. The summed E-state index contributed by atoms with van der Waals surface area (Å²) in [6.07, 6.45) is 0. The van der Waals surface area contributed by atoms with Crippen molar-refractivity contribution in [2.75, 3.05) is 18.0 Å². The third-order valence-corrected chi connectivity index (χ3v) is 3.25. The highest BCUT2D eigenvalue weighted by Gasteiger charge is 2.16. The fraction of sp³-hybridized carbons (Fsp3) is 0.333. The number of halogens is 2. The van der Waals surface area contributed by atoms with Crippen molar-refractivity contribution in [1.29, 1.82) is 0 Å². The molecule has 0 atom stereocenters. The molecule has 0 saturated heterocycles. The number of rotatable bonds is 4. The molecule has 0 aliphatic carbocycles.